The van der Waals surface area contributed by atoms with Crippen LogP contribution in [0, 0.1) is 5.82 Å². The summed E-state index contributed by atoms with van der Waals surface area (Å²) in [5.74, 6) is -0.685. The van der Waals surface area contributed by atoms with Gasteiger partial charge in [-0.05, 0) is 48.6 Å². The van der Waals surface area contributed by atoms with Gasteiger partial charge in [-0.3, -0.25) is 9.69 Å². The quantitative estimate of drug-likeness (QED) is 0.661. The van der Waals surface area contributed by atoms with Crippen molar-refractivity contribution in [2.24, 2.45) is 0 Å². The van der Waals surface area contributed by atoms with Crippen molar-refractivity contribution in [3.05, 3.63) is 65.6 Å². The average molecular weight is 314 g/mol. The monoisotopic (exact) mass is 314 g/mol. The number of nitrogens with zero attached hydrogens (tertiary/aromatic N) is 1. The maximum absolute atomic E-state index is 13.0. The number of nitrogens with one attached hydrogen (secondary N) is 1. The molecular weight excluding hydrogens is 303 g/mol. The SMILES string of the molecule is O=C1C(=Cc2ccccc2O)NC(=S)N1c1ccc(F)cc1. The molecule has 0 saturated carbocycles. The number of aromatic hydroxyl groups is 1. The lowest BCUT2D eigenvalue weighted by Gasteiger charge is -2.13. The fraction of sp³-hybridized carbons (Fsp3) is 0. The van der Waals surface area contributed by atoms with E-state index in [9.17, 15) is 14.3 Å². The van der Waals surface area contributed by atoms with Gasteiger partial charge in [-0.1, -0.05) is 18.2 Å². The minimum absolute atomic E-state index is 0.0655. The minimum atomic E-state index is -0.390. The van der Waals surface area contributed by atoms with Crippen molar-refractivity contribution in [2.45, 2.75) is 0 Å². The van der Waals surface area contributed by atoms with Gasteiger partial charge in [0.25, 0.3) is 5.91 Å². The molecule has 0 aliphatic carbocycles. The summed E-state index contributed by atoms with van der Waals surface area (Å²) >= 11 is 5.16. The Balaban J connectivity index is 1.95. The summed E-state index contributed by atoms with van der Waals surface area (Å²) in [6, 6.07) is 12.1. The zero-order valence-corrected chi connectivity index (χ0v) is 12.1. The van der Waals surface area contributed by atoms with E-state index in [0.717, 1.165) is 0 Å². The number of benzene rings is 2. The molecule has 3 rings (SSSR count). The molecule has 6 heteroatoms. The van der Waals surface area contributed by atoms with Crippen LogP contribution in [0.15, 0.2) is 54.2 Å². The van der Waals surface area contributed by atoms with Crippen LogP contribution in [0.5, 0.6) is 5.75 Å². The molecule has 2 aromatic carbocycles. The van der Waals surface area contributed by atoms with E-state index < -0.39 is 0 Å². The van der Waals surface area contributed by atoms with Crippen LogP contribution in [-0.2, 0) is 4.79 Å². The lowest BCUT2D eigenvalue weighted by atomic mass is 10.1. The first-order valence-corrected chi connectivity index (χ1v) is 6.88. The number of para-hydroxylation sites is 1. The second-order valence-electron chi connectivity index (χ2n) is 4.66. The average Bonchev–Trinajstić information content (AvgIpc) is 2.77. The van der Waals surface area contributed by atoms with Crippen molar-refractivity contribution in [1.82, 2.24) is 5.32 Å². The summed E-state index contributed by atoms with van der Waals surface area (Å²) in [5.41, 5.74) is 1.22. The van der Waals surface area contributed by atoms with Crippen molar-refractivity contribution >= 4 is 35.0 Å². The first-order valence-electron chi connectivity index (χ1n) is 6.47. The summed E-state index contributed by atoms with van der Waals surface area (Å²) in [5, 5.41) is 12.8. The number of hydrogen-bond acceptors (Lipinski definition) is 3. The maximum Gasteiger partial charge on any atom is 0.281 e. The van der Waals surface area contributed by atoms with Gasteiger partial charge < -0.3 is 10.4 Å². The Morgan fingerprint density at radius 3 is 2.50 bits per heavy atom. The van der Waals surface area contributed by atoms with E-state index in [-0.39, 0.29) is 28.3 Å². The lowest BCUT2D eigenvalue weighted by molar-refractivity contribution is -0.113. The highest BCUT2D eigenvalue weighted by Gasteiger charge is 2.32. The Kier molecular flexibility index (Phi) is 3.60. The molecule has 110 valence electrons. The van der Waals surface area contributed by atoms with E-state index in [0.29, 0.717) is 11.3 Å². The van der Waals surface area contributed by atoms with Crippen LogP contribution in [0.25, 0.3) is 6.08 Å². The van der Waals surface area contributed by atoms with Crippen LogP contribution < -0.4 is 10.2 Å². The third kappa shape index (κ3) is 2.56. The van der Waals surface area contributed by atoms with Gasteiger partial charge in [0.05, 0.1) is 5.69 Å². The van der Waals surface area contributed by atoms with Crippen LogP contribution in [-0.4, -0.2) is 16.1 Å². The van der Waals surface area contributed by atoms with E-state index in [1.165, 1.54) is 41.3 Å². The molecule has 1 heterocycles. The Labute approximate surface area is 131 Å². The molecule has 0 aromatic heterocycles. The molecule has 0 bridgehead atoms. The topological polar surface area (TPSA) is 52.6 Å². The van der Waals surface area contributed by atoms with Crippen LogP contribution in [0.1, 0.15) is 5.56 Å². The molecule has 0 atom stereocenters. The van der Waals surface area contributed by atoms with Crippen molar-refractivity contribution in [3.63, 3.8) is 0 Å². The molecule has 1 saturated heterocycles. The zero-order chi connectivity index (χ0) is 15.7. The third-order valence-corrected chi connectivity index (χ3v) is 3.48. The predicted octanol–water partition coefficient (Wildman–Crippen LogP) is 2.79. The summed E-state index contributed by atoms with van der Waals surface area (Å²) in [7, 11) is 0. The smallest absolute Gasteiger partial charge is 0.281 e. The Bertz CT molecular complexity index is 787. The summed E-state index contributed by atoms with van der Waals surface area (Å²) < 4.78 is 13.0. The molecule has 1 fully saturated rings. The molecule has 2 aromatic rings. The second-order valence-corrected chi connectivity index (χ2v) is 5.05. The van der Waals surface area contributed by atoms with Gasteiger partial charge in [-0.2, -0.15) is 0 Å². The first-order chi connectivity index (χ1) is 10.6. The van der Waals surface area contributed by atoms with Gasteiger partial charge in [0.15, 0.2) is 5.11 Å². The molecule has 1 aliphatic rings. The number of phenolic OH excluding ortho intramolecular Hbond substituents is 1. The molecule has 1 aliphatic heterocycles. The van der Waals surface area contributed by atoms with Crippen molar-refractivity contribution in [3.8, 4) is 5.75 Å². The standard InChI is InChI=1S/C16H11FN2O2S/c17-11-5-7-12(8-6-11)19-15(21)13(18-16(19)22)9-10-3-1-2-4-14(10)20/h1-9,20H,(H,18,22). The highest BCUT2D eigenvalue weighted by molar-refractivity contribution is 7.80. The number of carbonyl (C=O) groups excluding carboxylic acids is 1. The molecule has 2 N–H and O–H groups in total. The molecule has 22 heavy (non-hydrogen) atoms. The number of carbonyl (C=O) groups is 1. The van der Waals surface area contributed by atoms with Gasteiger partial charge >= 0.3 is 0 Å². The Hall–Kier alpha value is -2.73. The zero-order valence-electron chi connectivity index (χ0n) is 11.3. The largest absolute Gasteiger partial charge is 0.507 e. The number of amides is 1. The van der Waals surface area contributed by atoms with Crippen molar-refractivity contribution in [2.75, 3.05) is 4.90 Å². The minimum Gasteiger partial charge on any atom is -0.507 e. The maximum atomic E-state index is 13.0. The molecular formula is C16H11FN2O2S. The Morgan fingerprint density at radius 1 is 1.14 bits per heavy atom. The van der Waals surface area contributed by atoms with Crippen molar-refractivity contribution in [1.29, 1.82) is 0 Å². The molecule has 4 nitrogen and oxygen atoms in total. The normalized spacial score (nSPS) is 16.2. The number of thiocarbonyl (C=S) groups is 1. The Morgan fingerprint density at radius 2 is 1.82 bits per heavy atom. The number of rotatable bonds is 2. The van der Waals surface area contributed by atoms with E-state index in [1.54, 1.807) is 18.2 Å². The molecule has 0 radical (unpaired) electrons. The van der Waals surface area contributed by atoms with Gasteiger partial charge in [0.1, 0.15) is 17.3 Å². The van der Waals surface area contributed by atoms with Gasteiger partial charge in [-0.25, -0.2) is 4.39 Å². The summed E-state index contributed by atoms with van der Waals surface area (Å²) in [4.78, 5) is 13.7. The van der Waals surface area contributed by atoms with Gasteiger partial charge in [-0.15, -0.1) is 0 Å². The van der Waals surface area contributed by atoms with Crippen LogP contribution in [0.2, 0.25) is 0 Å². The third-order valence-electron chi connectivity index (χ3n) is 3.20. The van der Waals surface area contributed by atoms with Gasteiger partial charge in [0.2, 0.25) is 0 Å². The number of halogens is 1. The summed E-state index contributed by atoms with van der Waals surface area (Å²) in [6.07, 6.45) is 1.52. The van der Waals surface area contributed by atoms with Crippen molar-refractivity contribution < 1.29 is 14.3 Å². The molecule has 0 unspecified atom stereocenters. The fourth-order valence-corrected chi connectivity index (χ4v) is 2.42. The predicted molar refractivity (Wildman–Crippen MR) is 85.7 cm³/mol. The second kappa shape index (κ2) is 5.57. The molecule has 0 spiro atoms. The van der Waals surface area contributed by atoms with E-state index in [1.807, 2.05) is 0 Å². The first kappa shape index (κ1) is 14.2. The number of hydrogen-bond donors (Lipinski definition) is 2. The van der Waals surface area contributed by atoms with Crippen LogP contribution in [0.4, 0.5) is 10.1 Å². The van der Waals surface area contributed by atoms with Crippen LogP contribution >= 0.6 is 12.2 Å². The molecule has 1 amide bonds. The number of phenols is 1. The van der Waals surface area contributed by atoms with E-state index in [2.05, 4.69) is 5.32 Å². The van der Waals surface area contributed by atoms with E-state index in [4.69, 9.17) is 12.2 Å². The lowest BCUT2D eigenvalue weighted by Crippen LogP contribution is -2.30. The van der Waals surface area contributed by atoms with E-state index >= 15 is 0 Å². The highest BCUT2D eigenvalue weighted by atomic mass is 32.1. The number of anilines is 1. The highest BCUT2D eigenvalue weighted by Crippen LogP contribution is 2.24. The fourth-order valence-electron chi connectivity index (χ4n) is 2.12. The van der Waals surface area contributed by atoms with Gasteiger partial charge in [0, 0.05) is 5.56 Å². The van der Waals surface area contributed by atoms with Crippen LogP contribution in [0.3, 0.4) is 0 Å². The summed E-state index contributed by atoms with van der Waals surface area (Å²) in [6.45, 7) is 0.